The summed E-state index contributed by atoms with van der Waals surface area (Å²) in [4.78, 5) is 29.0. The van der Waals surface area contributed by atoms with Crippen LogP contribution in [0.25, 0.3) is 0 Å². The van der Waals surface area contributed by atoms with Crippen molar-refractivity contribution in [2.24, 2.45) is 0 Å². The first-order valence-electron chi connectivity index (χ1n) is 8.13. The predicted molar refractivity (Wildman–Crippen MR) is 105 cm³/mol. The molecule has 2 N–H and O–H groups in total. The fraction of sp³-hybridized carbons (Fsp3) is 0.294. The molecule has 1 fully saturated rings. The SMILES string of the molecule is Cl.O=C(CN1CCNCC1c1cccnc1)Nc1ccc(Cl)c([N+](=O)[O-])c1. The Morgan fingerprint density at radius 2 is 2.26 bits per heavy atom. The maximum Gasteiger partial charge on any atom is 0.289 e. The molecule has 3 rings (SSSR count). The Hall–Kier alpha value is -2.26. The Labute approximate surface area is 167 Å². The first-order chi connectivity index (χ1) is 12.5. The van der Waals surface area contributed by atoms with Gasteiger partial charge in [0.1, 0.15) is 5.02 Å². The first kappa shape index (κ1) is 21.0. The van der Waals surface area contributed by atoms with Crippen LogP contribution in [0.5, 0.6) is 0 Å². The zero-order valence-corrected chi connectivity index (χ0v) is 15.9. The van der Waals surface area contributed by atoms with E-state index in [1.165, 1.54) is 12.1 Å². The zero-order chi connectivity index (χ0) is 18.5. The number of halogens is 2. The van der Waals surface area contributed by atoms with Gasteiger partial charge in [0.2, 0.25) is 5.91 Å². The molecule has 0 bridgehead atoms. The van der Waals surface area contributed by atoms with Gasteiger partial charge in [-0.3, -0.25) is 24.8 Å². The van der Waals surface area contributed by atoms with Crippen LogP contribution in [0.3, 0.4) is 0 Å². The average molecular weight is 412 g/mol. The van der Waals surface area contributed by atoms with E-state index < -0.39 is 4.92 Å². The van der Waals surface area contributed by atoms with Crippen LogP contribution in [-0.2, 0) is 4.79 Å². The van der Waals surface area contributed by atoms with Gasteiger partial charge in [-0.15, -0.1) is 12.4 Å². The Balaban J connectivity index is 0.00000261. The maximum atomic E-state index is 12.4. The number of amides is 1. The van der Waals surface area contributed by atoms with Crippen LogP contribution in [0.15, 0.2) is 42.7 Å². The molecular formula is C17H19Cl2N5O3. The van der Waals surface area contributed by atoms with Gasteiger partial charge in [0, 0.05) is 49.8 Å². The molecule has 10 heteroatoms. The highest BCUT2D eigenvalue weighted by atomic mass is 35.5. The van der Waals surface area contributed by atoms with E-state index in [1.54, 1.807) is 18.5 Å². The molecule has 1 aliphatic heterocycles. The Kier molecular flexibility index (Phi) is 7.49. The van der Waals surface area contributed by atoms with Gasteiger partial charge in [-0.25, -0.2) is 0 Å². The van der Waals surface area contributed by atoms with Gasteiger partial charge in [-0.1, -0.05) is 17.7 Å². The van der Waals surface area contributed by atoms with Crippen molar-refractivity contribution >= 4 is 41.3 Å². The number of rotatable bonds is 5. The molecule has 144 valence electrons. The number of piperazine rings is 1. The highest BCUT2D eigenvalue weighted by molar-refractivity contribution is 6.32. The number of benzene rings is 1. The fourth-order valence-corrected chi connectivity index (χ4v) is 3.14. The molecule has 1 aromatic heterocycles. The molecule has 0 spiro atoms. The molecule has 1 atom stereocenters. The van der Waals surface area contributed by atoms with Crippen LogP contribution in [0.1, 0.15) is 11.6 Å². The molecule has 0 aliphatic carbocycles. The molecule has 0 radical (unpaired) electrons. The lowest BCUT2D eigenvalue weighted by molar-refractivity contribution is -0.384. The fourth-order valence-electron chi connectivity index (χ4n) is 2.95. The molecule has 1 aliphatic rings. The largest absolute Gasteiger partial charge is 0.325 e. The van der Waals surface area contributed by atoms with Crippen molar-refractivity contribution in [3.63, 3.8) is 0 Å². The van der Waals surface area contributed by atoms with Gasteiger partial charge in [-0.2, -0.15) is 0 Å². The summed E-state index contributed by atoms with van der Waals surface area (Å²) in [5.74, 6) is -0.239. The molecule has 0 saturated carbocycles. The number of nitrogens with one attached hydrogen (secondary N) is 2. The number of nitrogens with zero attached hydrogens (tertiary/aromatic N) is 3. The minimum absolute atomic E-state index is 0. The highest BCUT2D eigenvalue weighted by Gasteiger charge is 2.25. The van der Waals surface area contributed by atoms with Crippen LogP contribution in [-0.4, -0.2) is 46.9 Å². The number of carbonyl (C=O) groups excluding carboxylic acids is 1. The lowest BCUT2D eigenvalue weighted by Crippen LogP contribution is -2.48. The average Bonchev–Trinajstić information content (AvgIpc) is 2.64. The molecule has 1 unspecified atom stereocenters. The summed E-state index contributed by atoms with van der Waals surface area (Å²) in [7, 11) is 0. The van der Waals surface area contributed by atoms with Crippen LogP contribution in [0, 0.1) is 10.1 Å². The third-order valence-corrected chi connectivity index (χ3v) is 4.52. The number of aromatic nitrogens is 1. The summed E-state index contributed by atoms with van der Waals surface area (Å²) in [5, 5.41) is 17.0. The quantitative estimate of drug-likeness (QED) is 0.579. The van der Waals surface area contributed by atoms with Crippen LogP contribution in [0.4, 0.5) is 11.4 Å². The predicted octanol–water partition coefficient (Wildman–Crippen LogP) is 2.65. The lowest BCUT2D eigenvalue weighted by Gasteiger charge is -2.35. The Morgan fingerprint density at radius 1 is 1.44 bits per heavy atom. The summed E-state index contributed by atoms with van der Waals surface area (Å²) in [5.41, 5.74) is 1.15. The monoisotopic (exact) mass is 411 g/mol. The molecule has 1 amide bonds. The van der Waals surface area contributed by atoms with Crippen molar-refractivity contribution in [2.75, 3.05) is 31.5 Å². The minimum atomic E-state index is -0.577. The Morgan fingerprint density at radius 3 is 2.96 bits per heavy atom. The molecular weight excluding hydrogens is 393 g/mol. The first-order valence-corrected chi connectivity index (χ1v) is 8.51. The Bertz CT molecular complexity index is 806. The van der Waals surface area contributed by atoms with E-state index in [0.29, 0.717) is 12.2 Å². The van der Waals surface area contributed by atoms with Crippen molar-refractivity contribution < 1.29 is 9.72 Å². The standard InChI is InChI=1S/C17H18ClN5O3.ClH/c18-14-4-3-13(8-15(14)23(25)26)21-17(24)11-22-7-6-20-10-16(22)12-2-1-5-19-9-12;/h1-5,8-9,16,20H,6-7,10-11H2,(H,21,24);1H. The summed E-state index contributed by atoms with van der Waals surface area (Å²) in [6, 6.07) is 8.11. The van der Waals surface area contributed by atoms with E-state index in [2.05, 4.69) is 20.5 Å². The maximum absolute atomic E-state index is 12.4. The normalized spacial score (nSPS) is 17.0. The van der Waals surface area contributed by atoms with E-state index in [4.69, 9.17) is 11.6 Å². The number of hydrogen-bond donors (Lipinski definition) is 2. The number of pyridine rings is 1. The van der Waals surface area contributed by atoms with Crippen molar-refractivity contribution in [3.8, 4) is 0 Å². The van der Waals surface area contributed by atoms with Gasteiger partial charge in [0.25, 0.3) is 5.69 Å². The minimum Gasteiger partial charge on any atom is -0.325 e. The van der Waals surface area contributed by atoms with Gasteiger partial charge < -0.3 is 10.6 Å². The van der Waals surface area contributed by atoms with E-state index in [0.717, 1.165) is 18.7 Å². The molecule has 2 aromatic rings. The second kappa shape index (κ2) is 9.61. The number of nitro groups is 1. The second-order valence-corrected chi connectivity index (χ2v) is 6.36. The van der Waals surface area contributed by atoms with E-state index in [9.17, 15) is 14.9 Å². The number of anilines is 1. The van der Waals surface area contributed by atoms with Crippen LogP contribution < -0.4 is 10.6 Å². The smallest absolute Gasteiger partial charge is 0.289 e. The van der Waals surface area contributed by atoms with Gasteiger partial charge in [-0.05, 0) is 23.8 Å². The van der Waals surface area contributed by atoms with Crippen molar-refractivity contribution in [3.05, 3.63) is 63.4 Å². The topological polar surface area (TPSA) is 100 Å². The van der Waals surface area contributed by atoms with E-state index in [1.807, 2.05) is 12.1 Å². The van der Waals surface area contributed by atoms with E-state index in [-0.39, 0.29) is 41.6 Å². The van der Waals surface area contributed by atoms with Crippen LogP contribution in [0.2, 0.25) is 5.02 Å². The number of carbonyl (C=O) groups is 1. The van der Waals surface area contributed by atoms with Crippen LogP contribution >= 0.6 is 24.0 Å². The summed E-state index contributed by atoms with van der Waals surface area (Å²) in [6.45, 7) is 2.41. The zero-order valence-electron chi connectivity index (χ0n) is 14.3. The highest BCUT2D eigenvalue weighted by Crippen LogP contribution is 2.27. The molecule has 2 heterocycles. The molecule has 27 heavy (non-hydrogen) atoms. The number of nitro benzene ring substituents is 1. The van der Waals surface area contributed by atoms with Crippen molar-refractivity contribution in [1.29, 1.82) is 0 Å². The summed E-state index contributed by atoms with van der Waals surface area (Å²) < 4.78 is 0. The van der Waals surface area contributed by atoms with E-state index >= 15 is 0 Å². The van der Waals surface area contributed by atoms with Crippen molar-refractivity contribution in [1.82, 2.24) is 15.2 Å². The van der Waals surface area contributed by atoms with Gasteiger partial charge in [0.15, 0.2) is 0 Å². The summed E-state index contributed by atoms with van der Waals surface area (Å²) >= 11 is 5.79. The van der Waals surface area contributed by atoms with Gasteiger partial charge in [0.05, 0.1) is 11.5 Å². The molecule has 8 nitrogen and oxygen atoms in total. The molecule has 1 saturated heterocycles. The molecule has 1 aromatic carbocycles. The summed E-state index contributed by atoms with van der Waals surface area (Å²) in [6.07, 6.45) is 3.51. The lowest BCUT2D eigenvalue weighted by atomic mass is 10.1. The van der Waals surface area contributed by atoms with Gasteiger partial charge >= 0.3 is 0 Å². The third-order valence-electron chi connectivity index (χ3n) is 4.20. The second-order valence-electron chi connectivity index (χ2n) is 5.95. The number of hydrogen-bond acceptors (Lipinski definition) is 6. The third kappa shape index (κ3) is 5.36. The van der Waals surface area contributed by atoms with Crippen molar-refractivity contribution in [2.45, 2.75) is 6.04 Å².